The summed E-state index contributed by atoms with van der Waals surface area (Å²) in [4.78, 5) is 27.4. The number of hydrogen-bond acceptors (Lipinski definition) is 9. The molecule has 186 valence electrons. The van der Waals surface area contributed by atoms with Gasteiger partial charge >= 0.3 is 0 Å². The number of methoxy groups -OCH3 is 2. The van der Waals surface area contributed by atoms with Crippen molar-refractivity contribution in [3.63, 3.8) is 0 Å². The number of nitro groups is 1. The van der Waals surface area contributed by atoms with E-state index in [0.29, 0.717) is 16.4 Å². The van der Waals surface area contributed by atoms with E-state index < -0.39 is 20.9 Å². The second kappa shape index (κ2) is 12.0. The molecule has 11 nitrogen and oxygen atoms in total. The number of non-ortho nitro benzene ring substituents is 1. The number of rotatable bonds is 12. The number of nitrogens with one attached hydrogen (secondary N) is 1. The third-order valence-corrected chi connectivity index (χ3v) is 7.61. The zero-order chi connectivity index (χ0) is 25.4. The number of carbonyl (C=O) groups is 1. The molecule has 0 spiro atoms. The number of carbonyl (C=O) groups excluding carboxylic acids is 1. The van der Waals surface area contributed by atoms with E-state index in [-0.39, 0.29) is 42.4 Å². The molecule has 0 aliphatic rings. The number of anilines is 1. The van der Waals surface area contributed by atoms with Crippen molar-refractivity contribution in [1.29, 1.82) is 0 Å². The first-order valence-corrected chi connectivity index (χ1v) is 12.7. The van der Waals surface area contributed by atoms with E-state index in [4.69, 9.17) is 9.47 Å². The molecule has 0 saturated heterocycles. The van der Waals surface area contributed by atoms with E-state index >= 15 is 0 Å². The maximum absolute atomic E-state index is 13.0. The van der Waals surface area contributed by atoms with Crippen molar-refractivity contribution in [3.05, 3.63) is 69.6 Å². The van der Waals surface area contributed by atoms with Gasteiger partial charge in [0.2, 0.25) is 10.0 Å². The molecule has 0 aliphatic heterocycles. The van der Waals surface area contributed by atoms with E-state index in [2.05, 4.69) is 10.3 Å². The summed E-state index contributed by atoms with van der Waals surface area (Å²) in [5, 5.41) is 15.5. The molecule has 0 bridgehead atoms. The van der Waals surface area contributed by atoms with Crippen LogP contribution in [0, 0.1) is 10.1 Å². The van der Waals surface area contributed by atoms with E-state index in [1.807, 2.05) is 0 Å². The monoisotopic (exact) mass is 520 g/mol. The highest BCUT2D eigenvalue weighted by atomic mass is 32.2. The second-order valence-corrected chi connectivity index (χ2v) is 10.0. The molecule has 1 N–H and O–H groups in total. The van der Waals surface area contributed by atoms with Gasteiger partial charge in [0.05, 0.1) is 28.7 Å². The average molecular weight is 521 g/mol. The number of amides is 1. The Morgan fingerprint density at radius 1 is 1.06 bits per heavy atom. The molecule has 13 heteroatoms. The van der Waals surface area contributed by atoms with Crippen LogP contribution in [0.4, 0.5) is 10.8 Å². The fraction of sp³-hybridized carbons (Fsp3) is 0.273. The topological polar surface area (TPSA) is 141 Å². The van der Waals surface area contributed by atoms with Crippen LogP contribution in [-0.2, 0) is 19.5 Å². The van der Waals surface area contributed by atoms with E-state index in [0.717, 1.165) is 0 Å². The van der Waals surface area contributed by atoms with Crippen LogP contribution in [0.15, 0.2) is 58.8 Å². The first kappa shape index (κ1) is 26.4. The van der Waals surface area contributed by atoms with Gasteiger partial charge in [-0.1, -0.05) is 0 Å². The summed E-state index contributed by atoms with van der Waals surface area (Å²) in [7, 11) is -0.810. The van der Waals surface area contributed by atoms with Crippen molar-refractivity contribution in [3.8, 4) is 11.3 Å². The van der Waals surface area contributed by atoms with Crippen molar-refractivity contribution in [2.75, 3.05) is 45.8 Å². The van der Waals surface area contributed by atoms with Crippen LogP contribution in [0.1, 0.15) is 10.4 Å². The highest BCUT2D eigenvalue weighted by Crippen LogP contribution is 2.27. The number of nitro benzene ring substituents is 1. The number of nitrogens with zero attached hydrogens (tertiary/aromatic N) is 3. The first-order chi connectivity index (χ1) is 16.8. The molecule has 0 atom stereocenters. The molecule has 0 saturated carbocycles. The molecule has 1 aromatic heterocycles. The second-order valence-electron chi connectivity index (χ2n) is 7.21. The van der Waals surface area contributed by atoms with Gasteiger partial charge in [0.25, 0.3) is 11.6 Å². The number of hydrogen-bond donors (Lipinski definition) is 1. The molecule has 1 amide bonds. The SMILES string of the molecule is COCCN(CCOC)S(=O)(=O)c1ccc(C(=O)Nc2nc(-c3ccc([N+](=O)[O-])cc3)cs2)cc1. The van der Waals surface area contributed by atoms with Gasteiger partial charge in [-0.3, -0.25) is 20.2 Å². The van der Waals surface area contributed by atoms with Crippen LogP contribution in [0.25, 0.3) is 11.3 Å². The maximum Gasteiger partial charge on any atom is 0.269 e. The van der Waals surface area contributed by atoms with Gasteiger partial charge in [0, 0.05) is 55.9 Å². The normalized spacial score (nSPS) is 11.5. The van der Waals surface area contributed by atoms with Crippen molar-refractivity contribution >= 4 is 38.1 Å². The summed E-state index contributed by atoms with van der Waals surface area (Å²) in [5.74, 6) is -0.450. The number of ether oxygens (including phenoxy) is 2. The summed E-state index contributed by atoms with van der Waals surface area (Å²) in [6.45, 7) is 0.815. The number of benzene rings is 2. The summed E-state index contributed by atoms with van der Waals surface area (Å²) >= 11 is 1.20. The molecular weight excluding hydrogens is 496 g/mol. The maximum atomic E-state index is 13.0. The van der Waals surface area contributed by atoms with E-state index in [1.54, 1.807) is 17.5 Å². The number of thiazole rings is 1. The molecule has 35 heavy (non-hydrogen) atoms. The van der Waals surface area contributed by atoms with Crippen molar-refractivity contribution in [1.82, 2.24) is 9.29 Å². The van der Waals surface area contributed by atoms with Gasteiger partial charge < -0.3 is 9.47 Å². The Morgan fingerprint density at radius 2 is 1.66 bits per heavy atom. The van der Waals surface area contributed by atoms with Crippen LogP contribution < -0.4 is 5.32 Å². The van der Waals surface area contributed by atoms with Gasteiger partial charge in [-0.15, -0.1) is 11.3 Å². The molecule has 0 aliphatic carbocycles. The zero-order valence-corrected chi connectivity index (χ0v) is 20.7. The van der Waals surface area contributed by atoms with E-state index in [9.17, 15) is 23.3 Å². The Bertz CT molecular complexity index is 1250. The summed E-state index contributed by atoms with van der Waals surface area (Å²) in [6, 6.07) is 11.5. The van der Waals surface area contributed by atoms with Gasteiger partial charge in [-0.2, -0.15) is 4.31 Å². The molecule has 0 fully saturated rings. The number of aromatic nitrogens is 1. The van der Waals surface area contributed by atoms with E-state index in [1.165, 1.54) is 66.3 Å². The first-order valence-electron chi connectivity index (χ1n) is 10.4. The average Bonchev–Trinajstić information content (AvgIpc) is 3.32. The fourth-order valence-electron chi connectivity index (χ4n) is 3.05. The highest BCUT2D eigenvalue weighted by Gasteiger charge is 2.24. The highest BCUT2D eigenvalue weighted by molar-refractivity contribution is 7.89. The van der Waals surface area contributed by atoms with Gasteiger partial charge in [0.15, 0.2) is 5.13 Å². The minimum atomic E-state index is -3.79. The summed E-state index contributed by atoms with van der Waals surface area (Å²) in [6.07, 6.45) is 0. The third kappa shape index (κ3) is 6.68. The molecule has 0 radical (unpaired) electrons. The molecule has 0 unspecified atom stereocenters. The van der Waals surface area contributed by atoms with Crippen molar-refractivity contribution in [2.45, 2.75) is 4.90 Å². The van der Waals surface area contributed by atoms with Crippen molar-refractivity contribution in [2.24, 2.45) is 0 Å². The molecule has 2 aromatic carbocycles. The standard InChI is InChI=1S/C22H24N4O7S2/c1-32-13-11-25(12-14-33-2)35(30,31)19-9-5-17(6-10-19)21(27)24-22-23-20(15-34-22)16-3-7-18(8-4-16)26(28)29/h3-10,15H,11-14H2,1-2H3,(H,23,24,27). The molecule has 3 aromatic rings. The summed E-state index contributed by atoms with van der Waals surface area (Å²) < 4.78 is 37.2. The Kier molecular flexibility index (Phi) is 9.01. The van der Waals surface area contributed by atoms with Crippen LogP contribution >= 0.6 is 11.3 Å². The smallest absolute Gasteiger partial charge is 0.269 e. The van der Waals surface area contributed by atoms with Crippen molar-refractivity contribution < 1.29 is 27.6 Å². The van der Waals surface area contributed by atoms with Crippen LogP contribution in [-0.4, -0.2) is 69.1 Å². The Balaban J connectivity index is 1.69. The Labute approximate surface area is 206 Å². The Morgan fingerprint density at radius 3 is 2.20 bits per heavy atom. The fourth-order valence-corrected chi connectivity index (χ4v) is 5.18. The molecule has 1 heterocycles. The zero-order valence-electron chi connectivity index (χ0n) is 19.0. The molecular formula is C22H24N4O7S2. The predicted octanol–water partition coefficient (Wildman–Crippen LogP) is 3.25. The van der Waals surface area contributed by atoms with Crippen LogP contribution in [0.3, 0.4) is 0 Å². The van der Waals surface area contributed by atoms with Crippen LogP contribution in [0.2, 0.25) is 0 Å². The third-order valence-electron chi connectivity index (χ3n) is 4.94. The predicted molar refractivity (Wildman–Crippen MR) is 131 cm³/mol. The lowest BCUT2D eigenvalue weighted by atomic mass is 10.1. The lowest BCUT2D eigenvalue weighted by molar-refractivity contribution is -0.384. The minimum absolute atomic E-state index is 0.0246. The lowest BCUT2D eigenvalue weighted by Crippen LogP contribution is -2.36. The van der Waals surface area contributed by atoms with Gasteiger partial charge in [-0.25, -0.2) is 13.4 Å². The largest absolute Gasteiger partial charge is 0.383 e. The van der Waals surface area contributed by atoms with Gasteiger partial charge in [-0.05, 0) is 36.4 Å². The molecule has 3 rings (SSSR count). The lowest BCUT2D eigenvalue weighted by Gasteiger charge is -2.21. The minimum Gasteiger partial charge on any atom is -0.383 e. The number of sulfonamides is 1. The quantitative estimate of drug-likeness (QED) is 0.283. The summed E-state index contributed by atoms with van der Waals surface area (Å²) in [5.41, 5.74) is 1.47. The van der Waals surface area contributed by atoms with Gasteiger partial charge in [0.1, 0.15) is 0 Å². The Hall–Kier alpha value is -3.23. The van der Waals surface area contributed by atoms with Crippen LogP contribution in [0.5, 0.6) is 0 Å².